The summed E-state index contributed by atoms with van der Waals surface area (Å²) in [6.45, 7) is 2.54. The minimum Gasteiger partial charge on any atom is -0.388 e. The van der Waals surface area contributed by atoms with E-state index in [9.17, 15) is 0 Å². The molecule has 1 aromatic carbocycles. The SMILES string of the molecule is N=C(N)CC(c1ccccc1)N1CCn2cnnc2C1. The number of nitrogens with one attached hydrogen (secondary N) is 1. The van der Waals surface area contributed by atoms with Gasteiger partial charge in [-0.3, -0.25) is 10.3 Å². The van der Waals surface area contributed by atoms with E-state index >= 15 is 0 Å². The standard InChI is InChI=1S/C14H18N6/c15-13(16)8-12(11-4-2-1-3-5-11)19-6-7-20-10-17-18-14(20)9-19/h1-5,10,12H,6-9H2,(H3,15,16). The highest BCUT2D eigenvalue weighted by Crippen LogP contribution is 2.27. The molecule has 0 aliphatic carbocycles. The number of aromatic nitrogens is 3. The molecule has 0 fully saturated rings. The molecule has 2 aromatic rings. The van der Waals surface area contributed by atoms with Crippen molar-refractivity contribution in [2.24, 2.45) is 5.73 Å². The van der Waals surface area contributed by atoms with Crippen molar-refractivity contribution in [2.45, 2.75) is 25.6 Å². The van der Waals surface area contributed by atoms with E-state index in [-0.39, 0.29) is 11.9 Å². The molecule has 20 heavy (non-hydrogen) atoms. The van der Waals surface area contributed by atoms with Gasteiger partial charge < -0.3 is 10.3 Å². The molecule has 104 valence electrons. The molecule has 0 amide bonds. The number of benzene rings is 1. The van der Waals surface area contributed by atoms with E-state index in [4.69, 9.17) is 11.1 Å². The Hall–Kier alpha value is -2.21. The van der Waals surface area contributed by atoms with Gasteiger partial charge in [-0.05, 0) is 5.56 Å². The Kier molecular flexibility index (Phi) is 3.47. The van der Waals surface area contributed by atoms with Crippen molar-refractivity contribution in [3.63, 3.8) is 0 Å². The van der Waals surface area contributed by atoms with E-state index in [2.05, 4.69) is 31.8 Å². The highest BCUT2D eigenvalue weighted by Gasteiger charge is 2.26. The van der Waals surface area contributed by atoms with E-state index in [0.29, 0.717) is 6.42 Å². The molecule has 1 unspecified atom stereocenters. The van der Waals surface area contributed by atoms with Crippen LogP contribution in [0.15, 0.2) is 36.7 Å². The lowest BCUT2D eigenvalue weighted by atomic mass is 10.0. The highest BCUT2D eigenvalue weighted by molar-refractivity contribution is 5.77. The molecule has 0 saturated heterocycles. The molecule has 2 heterocycles. The summed E-state index contributed by atoms with van der Waals surface area (Å²) in [5.74, 6) is 1.19. The van der Waals surface area contributed by atoms with Gasteiger partial charge in [0.15, 0.2) is 0 Å². The van der Waals surface area contributed by atoms with Crippen molar-refractivity contribution >= 4 is 5.84 Å². The molecule has 1 aliphatic rings. The Bertz CT molecular complexity index is 591. The zero-order valence-electron chi connectivity index (χ0n) is 11.2. The smallest absolute Gasteiger partial charge is 0.147 e. The molecule has 3 rings (SSSR count). The highest BCUT2D eigenvalue weighted by atomic mass is 15.3. The molecule has 1 aliphatic heterocycles. The van der Waals surface area contributed by atoms with Crippen LogP contribution in [0.25, 0.3) is 0 Å². The number of hydrogen-bond acceptors (Lipinski definition) is 4. The van der Waals surface area contributed by atoms with Gasteiger partial charge in [-0.15, -0.1) is 10.2 Å². The number of hydrogen-bond donors (Lipinski definition) is 2. The van der Waals surface area contributed by atoms with Crippen molar-refractivity contribution in [1.29, 1.82) is 5.41 Å². The molecular weight excluding hydrogens is 252 g/mol. The number of fused-ring (bicyclic) bond motifs is 1. The van der Waals surface area contributed by atoms with Crippen molar-refractivity contribution in [3.05, 3.63) is 48.0 Å². The van der Waals surface area contributed by atoms with Crippen molar-refractivity contribution in [3.8, 4) is 0 Å². The Morgan fingerprint density at radius 1 is 1.30 bits per heavy atom. The largest absolute Gasteiger partial charge is 0.388 e. The van der Waals surface area contributed by atoms with Crippen LogP contribution in [-0.2, 0) is 13.1 Å². The fraction of sp³-hybridized carbons (Fsp3) is 0.357. The summed E-state index contributed by atoms with van der Waals surface area (Å²) < 4.78 is 2.08. The van der Waals surface area contributed by atoms with Crippen LogP contribution in [0, 0.1) is 5.41 Å². The summed E-state index contributed by atoms with van der Waals surface area (Å²) in [6, 6.07) is 10.4. The number of rotatable bonds is 4. The van der Waals surface area contributed by atoms with Crippen LogP contribution in [-0.4, -0.2) is 32.0 Å². The third kappa shape index (κ3) is 2.55. The second-order valence-corrected chi connectivity index (χ2v) is 5.07. The lowest BCUT2D eigenvalue weighted by Crippen LogP contribution is -2.38. The average molecular weight is 270 g/mol. The minimum absolute atomic E-state index is 0.124. The third-order valence-electron chi connectivity index (χ3n) is 3.71. The number of nitrogens with zero attached hydrogens (tertiary/aromatic N) is 4. The van der Waals surface area contributed by atoms with Crippen molar-refractivity contribution in [2.75, 3.05) is 6.54 Å². The van der Waals surface area contributed by atoms with E-state index in [1.54, 1.807) is 6.33 Å². The van der Waals surface area contributed by atoms with Gasteiger partial charge in [0, 0.05) is 25.6 Å². The van der Waals surface area contributed by atoms with Crippen LogP contribution < -0.4 is 5.73 Å². The lowest BCUT2D eigenvalue weighted by Gasteiger charge is -2.34. The van der Waals surface area contributed by atoms with Crippen LogP contribution in [0.4, 0.5) is 0 Å². The summed E-state index contributed by atoms with van der Waals surface area (Å²) in [7, 11) is 0. The van der Waals surface area contributed by atoms with Gasteiger partial charge in [0.2, 0.25) is 0 Å². The van der Waals surface area contributed by atoms with Gasteiger partial charge >= 0.3 is 0 Å². The third-order valence-corrected chi connectivity index (χ3v) is 3.71. The van der Waals surface area contributed by atoms with E-state index in [1.165, 1.54) is 5.56 Å². The maximum absolute atomic E-state index is 7.63. The molecule has 6 nitrogen and oxygen atoms in total. The maximum atomic E-state index is 7.63. The molecule has 0 spiro atoms. The van der Waals surface area contributed by atoms with E-state index in [1.807, 2.05) is 18.2 Å². The predicted molar refractivity (Wildman–Crippen MR) is 76.1 cm³/mol. The molecular formula is C14H18N6. The summed E-state index contributed by atoms with van der Waals surface area (Å²) in [4.78, 5) is 2.32. The zero-order chi connectivity index (χ0) is 13.9. The van der Waals surface area contributed by atoms with Crippen LogP contribution >= 0.6 is 0 Å². The Morgan fingerprint density at radius 2 is 2.10 bits per heavy atom. The second kappa shape index (κ2) is 5.42. The normalized spacial score (nSPS) is 16.6. The first-order chi connectivity index (χ1) is 9.74. The Morgan fingerprint density at radius 3 is 2.85 bits per heavy atom. The molecule has 3 N–H and O–H groups in total. The van der Waals surface area contributed by atoms with Gasteiger partial charge in [0.25, 0.3) is 0 Å². The van der Waals surface area contributed by atoms with Crippen molar-refractivity contribution < 1.29 is 0 Å². The zero-order valence-corrected chi connectivity index (χ0v) is 11.2. The molecule has 0 bridgehead atoms. The van der Waals surface area contributed by atoms with Gasteiger partial charge in [0.1, 0.15) is 12.2 Å². The molecule has 6 heteroatoms. The minimum atomic E-state index is 0.124. The van der Waals surface area contributed by atoms with Crippen LogP contribution in [0.2, 0.25) is 0 Å². The second-order valence-electron chi connectivity index (χ2n) is 5.07. The van der Waals surface area contributed by atoms with Gasteiger partial charge in [-0.2, -0.15) is 0 Å². The van der Waals surface area contributed by atoms with E-state index < -0.39 is 0 Å². The quantitative estimate of drug-likeness (QED) is 0.645. The Labute approximate surface area is 117 Å². The number of amidine groups is 1. The average Bonchev–Trinajstić information content (AvgIpc) is 2.93. The molecule has 1 aromatic heterocycles. The topological polar surface area (TPSA) is 83.8 Å². The van der Waals surface area contributed by atoms with Crippen LogP contribution in [0.1, 0.15) is 23.9 Å². The molecule has 0 radical (unpaired) electrons. The monoisotopic (exact) mass is 270 g/mol. The van der Waals surface area contributed by atoms with Crippen LogP contribution in [0.5, 0.6) is 0 Å². The maximum Gasteiger partial charge on any atom is 0.147 e. The predicted octanol–water partition coefficient (Wildman–Crippen LogP) is 1.16. The van der Waals surface area contributed by atoms with Gasteiger partial charge in [-0.1, -0.05) is 30.3 Å². The van der Waals surface area contributed by atoms with E-state index in [0.717, 1.165) is 25.5 Å². The molecule has 1 atom stereocenters. The first-order valence-electron chi connectivity index (χ1n) is 6.72. The van der Waals surface area contributed by atoms with Crippen molar-refractivity contribution in [1.82, 2.24) is 19.7 Å². The summed E-state index contributed by atoms with van der Waals surface area (Å²) in [5, 5.41) is 15.7. The number of nitrogens with two attached hydrogens (primary N) is 1. The fourth-order valence-corrected chi connectivity index (χ4v) is 2.69. The summed E-state index contributed by atoms with van der Waals surface area (Å²) >= 11 is 0. The first kappa shape index (κ1) is 12.8. The lowest BCUT2D eigenvalue weighted by molar-refractivity contribution is 0.155. The first-order valence-corrected chi connectivity index (χ1v) is 6.72. The Balaban J connectivity index is 1.85. The fourth-order valence-electron chi connectivity index (χ4n) is 2.69. The van der Waals surface area contributed by atoms with Gasteiger partial charge in [-0.25, -0.2) is 0 Å². The molecule has 0 saturated carbocycles. The van der Waals surface area contributed by atoms with Crippen LogP contribution in [0.3, 0.4) is 0 Å². The van der Waals surface area contributed by atoms with Gasteiger partial charge in [0.05, 0.1) is 12.4 Å². The summed E-state index contributed by atoms with van der Waals surface area (Å²) in [5.41, 5.74) is 6.83. The summed E-state index contributed by atoms with van der Waals surface area (Å²) in [6.07, 6.45) is 2.31.